The van der Waals surface area contributed by atoms with E-state index in [2.05, 4.69) is 0 Å². The van der Waals surface area contributed by atoms with Crippen LogP contribution in [0.4, 0.5) is 46.0 Å². The van der Waals surface area contributed by atoms with Gasteiger partial charge in [0.2, 0.25) is 5.91 Å². The minimum absolute atomic E-state index is 0.0113. The van der Waals surface area contributed by atoms with Crippen molar-refractivity contribution in [2.45, 2.75) is 76.9 Å². The van der Waals surface area contributed by atoms with Crippen molar-refractivity contribution < 1.29 is 49.9 Å². The predicted molar refractivity (Wildman–Crippen MR) is 167 cm³/mol. The second-order valence-corrected chi connectivity index (χ2v) is 14.0. The van der Waals surface area contributed by atoms with Gasteiger partial charge in [0.05, 0.1) is 17.2 Å². The molecule has 15 heteroatoms. The molecule has 4 rings (SSSR count). The summed E-state index contributed by atoms with van der Waals surface area (Å²) < 4.78 is 101. The molecule has 2 aromatic carbocycles. The monoisotopic (exact) mass is 702 g/mol. The lowest BCUT2D eigenvalue weighted by molar-refractivity contribution is -0.143. The second-order valence-electron chi connectivity index (χ2n) is 14.0. The first-order chi connectivity index (χ1) is 22.6. The van der Waals surface area contributed by atoms with Crippen molar-refractivity contribution in [1.29, 1.82) is 0 Å². The quantitative estimate of drug-likeness (QED) is 0.313. The molecule has 270 valence electrons. The van der Waals surface area contributed by atoms with Gasteiger partial charge in [-0.05, 0) is 72.9 Å². The largest absolute Gasteiger partial charge is 0.446 e. The summed E-state index contributed by atoms with van der Waals surface area (Å²) >= 11 is 0. The number of hydrogen-bond donors (Lipinski definition) is 1. The van der Waals surface area contributed by atoms with Crippen molar-refractivity contribution in [2.75, 3.05) is 32.1 Å². The molecule has 1 unspecified atom stereocenters. The van der Waals surface area contributed by atoms with Crippen LogP contribution in [0.5, 0.6) is 0 Å². The summed E-state index contributed by atoms with van der Waals surface area (Å²) in [7, 11) is 2.44. The number of amides is 4. The Morgan fingerprint density at radius 3 is 1.86 bits per heavy atom. The van der Waals surface area contributed by atoms with Crippen LogP contribution in [0.3, 0.4) is 0 Å². The number of ether oxygens (including phenoxy) is 1. The van der Waals surface area contributed by atoms with Crippen LogP contribution in [0, 0.1) is 23.1 Å². The van der Waals surface area contributed by atoms with Crippen molar-refractivity contribution in [3.8, 4) is 0 Å². The maximum Gasteiger partial charge on any atom is 0.416 e. The van der Waals surface area contributed by atoms with E-state index in [9.17, 15) is 45.1 Å². The van der Waals surface area contributed by atoms with Crippen LogP contribution < -0.4 is 10.6 Å². The Bertz CT molecular complexity index is 1480. The van der Waals surface area contributed by atoms with Crippen LogP contribution in [-0.4, -0.2) is 67.2 Å². The van der Waals surface area contributed by atoms with Crippen LogP contribution in [0.1, 0.15) is 69.1 Å². The second kappa shape index (κ2) is 14.1. The summed E-state index contributed by atoms with van der Waals surface area (Å²) in [6.07, 6.45) is -9.30. The highest BCUT2D eigenvalue weighted by atomic mass is 19.4. The molecule has 0 aromatic heterocycles. The molecule has 49 heavy (non-hydrogen) atoms. The molecule has 0 bridgehead atoms. The first kappa shape index (κ1) is 37.8. The van der Waals surface area contributed by atoms with Crippen LogP contribution in [0.15, 0.2) is 42.5 Å². The zero-order chi connectivity index (χ0) is 36.6. The molecule has 1 heterocycles. The molecule has 1 saturated heterocycles. The van der Waals surface area contributed by atoms with E-state index in [1.807, 2.05) is 20.8 Å². The van der Waals surface area contributed by atoms with Gasteiger partial charge in [0.15, 0.2) is 0 Å². The van der Waals surface area contributed by atoms with Crippen molar-refractivity contribution in [1.82, 2.24) is 9.80 Å². The van der Waals surface area contributed by atoms with E-state index in [1.54, 1.807) is 4.90 Å². The number of primary amides is 1. The van der Waals surface area contributed by atoms with Gasteiger partial charge in [-0.25, -0.2) is 14.0 Å². The topological polar surface area (TPSA) is 96.2 Å². The van der Waals surface area contributed by atoms with Crippen LogP contribution in [0.25, 0.3) is 0 Å². The minimum Gasteiger partial charge on any atom is -0.446 e. The van der Waals surface area contributed by atoms with E-state index in [1.165, 1.54) is 36.2 Å². The van der Waals surface area contributed by atoms with Crippen molar-refractivity contribution in [2.24, 2.45) is 23.0 Å². The molecule has 1 aliphatic carbocycles. The van der Waals surface area contributed by atoms with Gasteiger partial charge in [0.1, 0.15) is 11.9 Å². The van der Waals surface area contributed by atoms with Gasteiger partial charge >= 0.3 is 24.5 Å². The van der Waals surface area contributed by atoms with E-state index in [0.717, 1.165) is 7.05 Å². The third-order valence-electron chi connectivity index (χ3n) is 9.59. The Hall–Kier alpha value is -4.04. The average Bonchev–Trinajstić information content (AvgIpc) is 3.46. The number of benzene rings is 2. The predicted octanol–water partition coefficient (Wildman–Crippen LogP) is 7.66. The number of carbonyl (C=O) groups is 3. The molecule has 0 radical (unpaired) electrons. The third-order valence-corrected chi connectivity index (χ3v) is 9.59. The summed E-state index contributed by atoms with van der Waals surface area (Å²) in [5.41, 5.74) is 1.79. The first-order valence-corrected chi connectivity index (χ1v) is 15.9. The van der Waals surface area contributed by atoms with E-state index in [0.29, 0.717) is 48.3 Å². The molecule has 2 aromatic rings. The lowest BCUT2D eigenvalue weighted by atomic mass is 9.72. The molecular formula is C34H41F7N4O4. The average molecular weight is 703 g/mol. The zero-order valence-electron chi connectivity index (χ0n) is 27.9. The van der Waals surface area contributed by atoms with Crippen LogP contribution in [-0.2, 0) is 21.9 Å². The smallest absolute Gasteiger partial charge is 0.416 e. The third kappa shape index (κ3) is 8.77. The lowest BCUT2D eigenvalue weighted by Gasteiger charge is -2.39. The maximum absolute atomic E-state index is 13.9. The number of anilines is 1. The number of nitrogens with zero attached hydrogens (tertiary/aromatic N) is 3. The number of halogens is 7. The minimum atomic E-state index is -5.10. The number of nitrogens with two attached hydrogens (primary N) is 1. The van der Waals surface area contributed by atoms with Gasteiger partial charge < -0.3 is 20.3 Å². The molecule has 4 amide bonds. The van der Waals surface area contributed by atoms with Gasteiger partial charge in [-0.2, -0.15) is 26.3 Å². The number of urea groups is 1. The maximum atomic E-state index is 13.9. The summed E-state index contributed by atoms with van der Waals surface area (Å²) in [4.78, 5) is 42.6. The highest BCUT2D eigenvalue weighted by Gasteiger charge is 2.45. The Morgan fingerprint density at radius 1 is 0.857 bits per heavy atom. The van der Waals surface area contributed by atoms with Gasteiger partial charge in [0.25, 0.3) is 0 Å². The van der Waals surface area contributed by atoms with Gasteiger partial charge in [0, 0.05) is 44.7 Å². The molecule has 1 aliphatic heterocycles. The van der Waals surface area contributed by atoms with E-state index in [-0.39, 0.29) is 42.3 Å². The van der Waals surface area contributed by atoms with Crippen molar-refractivity contribution in [3.63, 3.8) is 0 Å². The molecule has 1 saturated carbocycles. The fourth-order valence-electron chi connectivity index (χ4n) is 7.05. The summed E-state index contributed by atoms with van der Waals surface area (Å²) in [6.45, 7) is 6.00. The highest BCUT2D eigenvalue weighted by Crippen LogP contribution is 2.42. The number of likely N-dealkylation sites (N-methyl/N-ethyl adjacent to an activating group) is 1. The Balaban J connectivity index is 1.56. The van der Waals surface area contributed by atoms with Crippen LogP contribution in [0.2, 0.25) is 0 Å². The van der Waals surface area contributed by atoms with Gasteiger partial charge in [-0.15, -0.1) is 0 Å². The van der Waals surface area contributed by atoms with Gasteiger partial charge in [-0.3, -0.25) is 9.69 Å². The number of alkyl halides is 6. The number of hydrogen-bond acceptors (Lipinski definition) is 4. The summed E-state index contributed by atoms with van der Waals surface area (Å²) in [5, 5.41) is 0. The molecule has 3 atom stereocenters. The normalized spacial score (nSPS) is 22.4. The molecular weight excluding hydrogens is 661 g/mol. The SMILES string of the molecule is CN(C(=O)N(C)[C@@H]1CN(C(=O)[C@H]2CC[C@H](C(OC(N)=O)C(C)(C)C)CC2)C[C@H]1c1ccc(F)cc1)c1cc(C(F)(F)F)cc(C(F)(F)F)c1. The fourth-order valence-corrected chi connectivity index (χ4v) is 7.05. The summed E-state index contributed by atoms with van der Waals surface area (Å²) in [5.74, 6) is -1.59. The molecule has 2 aliphatic rings. The summed E-state index contributed by atoms with van der Waals surface area (Å²) in [6, 6.07) is 4.77. The number of likely N-dealkylation sites (tertiary alicyclic amines) is 1. The van der Waals surface area contributed by atoms with Crippen LogP contribution >= 0.6 is 0 Å². The van der Waals surface area contributed by atoms with Gasteiger partial charge in [-0.1, -0.05) is 32.9 Å². The molecule has 0 spiro atoms. The zero-order valence-corrected chi connectivity index (χ0v) is 27.9. The molecule has 8 nitrogen and oxygen atoms in total. The van der Waals surface area contributed by atoms with Crippen molar-refractivity contribution in [3.05, 3.63) is 65.0 Å². The number of carbonyl (C=O) groups excluding carboxylic acids is 3. The standard InChI is InChI=1S/C34H41F7N4O4/c1-32(2,3)28(49-30(42)47)20-6-8-21(9-7-20)29(46)45-17-26(19-10-12-24(35)13-11-19)27(18-45)44(5)31(48)43(4)25-15-22(33(36,37)38)14-23(16-25)34(39,40)41/h10-16,20-21,26-28H,6-9,17-18H2,1-5H3,(H2,42,47)/t20-,21-,26-,27+,28?/m0/s1. The van der Waals surface area contributed by atoms with Crippen molar-refractivity contribution >= 4 is 23.7 Å². The fraction of sp³-hybridized carbons (Fsp3) is 0.559. The van der Waals surface area contributed by atoms with E-state index >= 15 is 0 Å². The Labute approximate surface area is 280 Å². The first-order valence-electron chi connectivity index (χ1n) is 15.9. The van der Waals surface area contributed by atoms with E-state index in [4.69, 9.17) is 10.5 Å². The Morgan fingerprint density at radius 2 is 1.39 bits per heavy atom. The lowest BCUT2D eigenvalue weighted by Crippen LogP contribution is -2.48. The van der Waals surface area contributed by atoms with E-state index < -0.39 is 65.2 Å². The molecule has 2 fully saturated rings. The highest BCUT2D eigenvalue weighted by molar-refractivity contribution is 5.92. The number of rotatable bonds is 6. The molecule has 2 N–H and O–H groups in total. The Kier molecular flexibility index (Phi) is 10.8.